The molecule has 0 saturated heterocycles. The van der Waals surface area contributed by atoms with Crippen LogP contribution >= 0.6 is 0 Å². The number of allylic oxidation sites excluding steroid dienone is 1. The van der Waals surface area contributed by atoms with E-state index in [0.29, 0.717) is 12.0 Å². The van der Waals surface area contributed by atoms with Gasteiger partial charge in [0.2, 0.25) is 0 Å². The lowest BCUT2D eigenvalue weighted by molar-refractivity contribution is -0.156. The Hall–Kier alpha value is -2.63. The zero-order chi connectivity index (χ0) is 17.1. The van der Waals surface area contributed by atoms with Crippen LogP contribution in [-0.2, 0) is 23.9 Å². The van der Waals surface area contributed by atoms with Gasteiger partial charge in [0.1, 0.15) is 0 Å². The Bertz CT molecular complexity index is 541. The van der Waals surface area contributed by atoms with Crippen molar-refractivity contribution in [3.05, 3.63) is 48.6 Å². The molecule has 1 N–H and O–H groups in total. The molecule has 0 saturated carbocycles. The molecule has 23 heavy (non-hydrogen) atoms. The maximum absolute atomic E-state index is 12.2. The molecular weight excluding hydrogens is 298 g/mol. The van der Waals surface area contributed by atoms with Gasteiger partial charge in [0, 0.05) is 0 Å². The summed E-state index contributed by atoms with van der Waals surface area (Å²) in [6.07, 6.45) is 3.09. The second-order valence-corrected chi connectivity index (χ2v) is 4.64. The number of benzene rings is 1. The van der Waals surface area contributed by atoms with Gasteiger partial charge in [-0.25, -0.2) is 9.59 Å². The maximum Gasteiger partial charge on any atom is 0.396 e. The fraction of sp³-hybridized carbons (Fsp3) is 0.353. The van der Waals surface area contributed by atoms with Gasteiger partial charge >= 0.3 is 17.8 Å². The summed E-state index contributed by atoms with van der Waals surface area (Å²) in [6.45, 7) is 5.47. The highest BCUT2D eigenvalue weighted by atomic mass is 16.5. The van der Waals surface area contributed by atoms with Gasteiger partial charge in [-0.3, -0.25) is 4.79 Å². The maximum atomic E-state index is 12.2. The molecule has 1 unspecified atom stereocenters. The summed E-state index contributed by atoms with van der Waals surface area (Å²) in [6, 6.07) is 7.51. The van der Waals surface area contributed by atoms with Crippen LogP contribution in [0.15, 0.2) is 43.0 Å². The standard InChI is InChI=1S/C17H21NO5/c1-3-5-9-12-23-16(20)14(13-10-7-6-8-11-13)18-15(19)17(21)22-4-2/h3,6-8,10-11,14H,1,4-5,9,12H2,2H3,(H,18,19). The normalized spacial score (nSPS) is 11.2. The Labute approximate surface area is 135 Å². The zero-order valence-electron chi connectivity index (χ0n) is 13.1. The van der Waals surface area contributed by atoms with Crippen molar-refractivity contribution >= 4 is 17.8 Å². The first-order valence-corrected chi connectivity index (χ1v) is 7.40. The third-order valence-electron chi connectivity index (χ3n) is 2.90. The van der Waals surface area contributed by atoms with Crippen LogP contribution in [0.3, 0.4) is 0 Å². The zero-order valence-corrected chi connectivity index (χ0v) is 13.1. The van der Waals surface area contributed by atoms with Crippen LogP contribution in [0.5, 0.6) is 0 Å². The van der Waals surface area contributed by atoms with E-state index in [1.54, 1.807) is 43.3 Å². The quantitative estimate of drug-likeness (QED) is 0.343. The number of hydrogen-bond donors (Lipinski definition) is 1. The molecule has 1 amide bonds. The summed E-state index contributed by atoms with van der Waals surface area (Å²) in [5.41, 5.74) is 0.527. The smallest absolute Gasteiger partial charge is 0.396 e. The average molecular weight is 319 g/mol. The summed E-state index contributed by atoms with van der Waals surface area (Å²) in [5.74, 6) is -2.64. The van der Waals surface area contributed by atoms with E-state index < -0.39 is 23.9 Å². The van der Waals surface area contributed by atoms with E-state index in [2.05, 4.69) is 16.6 Å². The van der Waals surface area contributed by atoms with Gasteiger partial charge in [-0.2, -0.15) is 0 Å². The number of carbonyl (C=O) groups is 3. The van der Waals surface area contributed by atoms with Crippen molar-refractivity contribution in [3.8, 4) is 0 Å². The molecule has 0 aliphatic rings. The molecule has 0 spiro atoms. The lowest BCUT2D eigenvalue weighted by Crippen LogP contribution is -2.39. The van der Waals surface area contributed by atoms with Crippen LogP contribution in [0.1, 0.15) is 31.4 Å². The van der Waals surface area contributed by atoms with Crippen LogP contribution in [0.25, 0.3) is 0 Å². The third kappa shape index (κ3) is 6.34. The lowest BCUT2D eigenvalue weighted by Gasteiger charge is -2.17. The van der Waals surface area contributed by atoms with Crippen molar-refractivity contribution in [2.75, 3.05) is 13.2 Å². The van der Waals surface area contributed by atoms with Crippen LogP contribution in [0.4, 0.5) is 0 Å². The van der Waals surface area contributed by atoms with Crippen molar-refractivity contribution < 1.29 is 23.9 Å². The van der Waals surface area contributed by atoms with E-state index in [1.807, 2.05) is 0 Å². The van der Waals surface area contributed by atoms with E-state index in [4.69, 9.17) is 4.74 Å². The second-order valence-electron chi connectivity index (χ2n) is 4.64. The molecule has 1 atom stereocenters. The lowest BCUT2D eigenvalue weighted by atomic mass is 10.1. The van der Waals surface area contributed by atoms with Crippen LogP contribution in [0.2, 0.25) is 0 Å². The third-order valence-corrected chi connectivity index (χ3v) is 2.90. The fourth-order valence-electron chi connectivity index (χ4n) is 1.79. The van der Waals surface area contributed by atoms with Gasteiger partial charge in [-0.1, -0.05) is 36.4 Å². The summed E-state index contributed by atoms with van der Waals surface area (Å²) in [7, 11) is 0. The monoisotopic (exact) mass is 319 g/mol. The Morgan fingerprint density at radius 1 is 1.22 bits per heavy atom. The minimum absolute atomic E-state index is 0.0776. The molecular formula is C17H21NO5. The molecule has 1 aromatic carbocycles. The number of unbranched alkanes of at least 4 members (excludes halogenated alkanes) is 1. The minimum atomic E-state index is -1.06. The number of hydrogen-bond acceptors (Lipinski definition) is 5. The van der Waals surface area contributed by atoms with E-state index in [9.17, 15) is 14.4 Å². The van der Waals surface area contributed by atoms with E-state index in [-0.39, 0.29) is 13.2 Å². The second kappa shape index (κ2) is 10.2. The fourth-order valence-corrected chi connectivity index (χ4v) is 1.79. The average Bonchev–Trinajstić information content (AvgIpc) is 2.57. The first-order valence-electron chi connectivity index (χ1n) is 7.40. The first-order chi connectivity index (χ1) is 11.1. The highest BCUT2D eigenvalue weighted by Crippen LogP contribution is 2.15. The molecule has 0 radical (unpaired) electrons. The topological polar surface area (TPSA) is 81.7 Å². The molecule has 0 aliphatic carbocycles. The predicted octanol–water partition coefficient (Wildman–Crippen LogP) is 1.92. The predicted molar refractivity (Wildman–Crippen MR) is 84.3 cm³/mol. The Kier molecular flexibility index (Phi) is 8.13. The first kappa shape index (κ1) is 18.4. The van der Waals surface area contributed by atoms with Crippen molar-refractivity contribution in [2.45, 2.75) is 25.8 Å². The van der Waals surface area contributed by atoms with Gasteiger partial charge < -0.3 is 14.8 Å². The molecule has 124 valence electrons. The Morgan fingerprint density at radius 2 is 1.91 bits per heavy atom. The summed E-state index contributed by atoms with van der Waals surface area (Å²) in [4.78, 5) is 35.4. The Balaban J connectivity index is 2.77. The van der Waals surface area contributed by atoms with Gasteiger partial charge in [0.15, 0.2) is 6.04 Å². The van der Waals surface area contributed by atoms with Gasteiger partial charge in [0.25, 0.3) is 0 Å². The van der Waals surface area contributed by atoms with Crippen molar-refractivity contribution in [3.63, 3.8) is 0 Å². The molecule has 1 rings (SSSR count). The summed E-state index contributed by atoms with van der Waals surface area (Å²) in [5, 5.41) is 2.35. The van der Waals surface area contributed by atoms with Gasteiger partial charge in [-0.15, -0.1) is 6.58 Å². The van der Waals surface area contributed by atoms with E-state index >= 15 is 0 Å². The highest BCUT2D eigenvalue weighted by molar-refractivity contribution is 6.32. The number of ether oxygens (including phenoxy) is 2. The van der Waals surface area contributed by atoms with E-state index in [0.717, 1.165) is 6.42 Å². The number of amides is 1. The molecule has 0 heterocycles. The van der Waals surface area contributed by atoms with Crippen LogP contribution < -0.4 is 5.32 Å². The Morgan fingerprint density at radius 3 is 2.52 bits per heavy atom. The SMILES string of the molecule is C=CCCCOC(=O)C(NC(=O)C(=O)OCC)c1ccccc1. The van der Waals surface area contributed by atoms with Crippen LogP contribution in [-0.4, -0.2) is 31.1 Å². The molecule has 0 aromatic heterocycles. The molecule has 0 aliphatic heterocycles. The molecule has 6 heteroatoms. The largest absolute Gasteiger partial charge is 0.464 e. The molecule has 6 nitrogen and oxygen atoms in total. The number of rotatable bonds is 8. The molecule has 1 aromatic rings. The summed E-state index contributed by atoms with van der Waals surface area (Å²) >= 11 is 0. The van der Waals surface area contributed by atoms with E-state index in [1.165, 1.54) is 0 Å². The van der Waals surface area contributed by atoms with Crippen LogP contribution in [0, 0.1) is 0 Å². The number of esters is 2. The summed E-state index contributed by atoms with van der Waals surface area (Å²) < 4.78 is 9.77. The van der Waals surface area contributed by atoms with Crippen molar-refractivity contribution in [2.24, 2.45) is 0 Å². The minimum Gasteiger partial charge on any atom is -0.464 e. The highest BCUT2D eigenvalue weighted by Gasteiger charge is 2.27. The molecule has 0 bridgehead atoms. The van der Waals surface area contributed by atoms with Crippen molar-refractivity contribution in [1.29, 1.82) is 0 Å². The molecule has 0 fully saturated rings. The van der Waals surface area contributed by atoms with Gasteiger partial charge in [-0.05, 0) is 25.3 Å². The van der Waals surface area contributed by atoms with Crippen molar-refractivity contribution in [1.82, 2.24) is 5.32 Å². The number of carbonyl (C=O) groups excluding carboxylic acids is 3. The van der Waals surface area contributed by atoms with Gasteiger partial charge in [0.05, 0.1) is 13.2 Å². The number of nitrogens with one attached hydrogen (secondary N) is 1.